The van der Waals surface area contributed by atoms with Crippen molar-refractivity contribution in [3.8, 4) is 5.75 Å². The van der Waals surface area contributed by atoms with Gasteiger partial charge in [0.2, 0.25) is 0 Å². The smallest absolute Gasteiger partial charge is 0.339 e. The maximum Gasteiger partial charge on any atom is 0.339 e. The van der Waals surface area contributed by atoms with Gasteiger partial charge in [0.05, 0.1) is 6.21 Å². The molecule has 0 bridgehead atoms. The largest absolute Gasteiger partial charge is 0.411 e. The number of rotatable bonds is 4. The number of oxime groups is 1. The van der Waals surface area contributed by atoms with Crippen molar-refractivity contribution >= 4 is 32.3 Å². The van der Waals surface area contributed by atoms with Crippen LogP contribution in [0, 0.1) is 0 Å². The van der Waals surface area contributed by atoms with Crippen molar-refractivity contribution in [3.05, 3.63) is 58.6 Å². The van der Waals surface area contributed by atoms with Gasteiger partial charge in [-0.15, -0.1) is 0 Å². The third kappa shape index (κ3) is 3.37. The number of hydrogen-bond donors (Lipinski definition) is 1. The van der Waals surface area contributed by atoms with Crippen molar-refractivity contribution in [2.75, 3.05) is 0 Å². The molecule has 0 atom stereocenters. The zero-order chi connectivity index (χ0) is 14.6. The Morgan fingerprint density at radius 3 is 2.50 bits per heavy atom. The maximum atomic E-state index is 12.1. The standard InChI is InChI=1S/C13H10BrNO4S/c14-11-6-7-13(10(8-11)9-15-16)19-20(17,18)12-4-2-1-3-5-12/h1-9,16H/b15-9-. The minimum absolute atomic E-state index is 0.0507. The van der Waals surface area contributed by atoms with Crippen LogP contribution in [0.5, 0.6) is 5.75 Å². The van der Waals surface area contributed by atoms with Crippen molar-refractivity contribution < 1.29 is 17.8 Å². The molecule has 5 nitrogen and oxygen atoms in total. The van der Waals surface area contributed by atoms with Gasteiger partial charge in [0, 0.05) is 10.0 Å². The Labute approximate surface area is 124 Å². The third-order valence-corrected chi connectivity index (χ3v) is 4.14. The summed E-state index contributed by atoms with van der Waals surface area (Å²) in [5.41, 5.74) is 0.335. The van der Waals surface area contributed by atoms with Crippen LogP contribution >= 0.6 is 15.9 Å². The molecule has 2 rings (SSSR count). The molecular formula is C13H10BrNO4S. The zero-order valence-electron chi connectivity index (χ0n) is 10.1. The first-order chi connectivity index (χ1) is 9.53. The predicted octanol–water partition coefficient (Wildman–Crippen LogP) is 3.02. The Hall–Kier alpha value is -1.86. The van der Waals surface area contributed by atoms with Gasteiger partial charge in [-0.3, -0.25) is 0 Å². The van der Waals surface area contributed by atoms with Crippen LogP contribution in [0.1, 0.15) is 5.56 Å². The van der Waals surface area contributed by atoms with Crippen molar-refractivity contribution in [3.63, 3.8) is 0 Å². The van der Waals surface area contributed by atoms with E-state index in [0.717, 1.165) is 6.21 Å². The fraction of sp³-hybridized carbons (Fsp3) is 0. The highest BCUT2D eigenvalue weighted by Crippen LogP contribution is 2.25. The predicted molar refractivity (Wildman–Crippen MR) is 77.8 cm³/mol. The molecule has 2 aromatic rings. The summed E-state index contributed by atoms with van der Waals surface area (Å²) in [5, 5.41) is 11.5. The highest BCUT2D eigenvalue weighted by Gasteiger charge is 2.17. The first kappa shape index (κ1) is 14.5. The molecule has 0 amide bonds. The Morgan fingerprint density at radius 1 is 1.15 bits per heavy atom. The van der Waals surface area contributed by atoms with E-state index in [2.05, 4.69) is 21.1 Å². The molecule has 1 N–H and O–H groups in total. The van der Waals surface area contributed by atoms with Gasteiger partial charge in [-0.1, -0.05) is 39.3 Å². The molecule has 0 saturated carbocycles. The molecule has 7 heteroatoms. The van der Waals surface area contributed by atoms with Crippen LogP contribution in [0.4, 0.5) is 0 Å². The molecule has 2 aromatic carbocycles. The number of nitrogens with zero attached hydrogens (tertiary/aromatic N) is 1. The van der Waals surface area contributed by atoms with E-state index in [9.17, 15) is 8.42 Å². The van der Waals surface area contributed by atoms with E-state index >= 15 is 0 Å². The molecule has 0 radical (unpaired) electrons. The Balaban J connectivity index is 2.40. The van der Waals surface area contributed by atoms with E-state index in [-0.39, 0.29) is 10.6 Å². The summed E-state index contributed by atoms with van der Waals surface area (Å²) >= 11 is 3.24. The summed E-state index contributed by atoms with van der Waals surface area (Å²) in [6.45, 7) is 0. The topological polar surface area (TPSA) is 76.0 Å². The Bertz CT molecular complexity index is 729. The minimum Gasteiger partial charge on any atom is -0.411 e. The van der Waals surface area contributed by atoms with E-state index in [1.54, 1.807) is 30.3 Å². The monoisotopic (exact) mass is 355 g/mol. The van der Waals surface area contributed by atoms with Crippen LogP contribution in [0.3, 0.4) is 0 Å². The minimum atomic E-state index is -3.93. The van der Waals surface area contributed by atoms with Gasteiger partial charge in [-0.05, 0) is 30.3 Å². The molecule has 0 heterocycles. The van der Waals surface area contributed by atoms with Crippen LogP contribution in [-0.2, 0) is 10.1 Å². The van der Waals surface area contributed by atoms with E-state index in [0.29, 0.717) is 10.0 Å². The quantitative estimate of drug-likeness (QED) is 0.395. The van der Waals surface area contributed by atoms with Crippen LogP contribution in [0.2, 0.25) is 0 Å². The SMILES string of the molecule is O=S(=O)(Oc1ccc(Br)cc1/C=N\O)c1ccccc1. The molecule has 0 aliphatic rings. The second-order valence-corrected chi connectivity index (χ2v) is 6.24. The summed E-state index contributed by atoms with van der Waals surface area (Å²) in [6.07, 6.45) is 1.10. The van der Waals surface area contributed by atoms with E-state index in [1.807, 2.05) is 0 Å². The van der Waals surface area contributed by atoms with Gasteiger partial charge in [0.1, 0.15) is 4.90 Å². The van der Waals surface area contributed by atoms with E-state index in [4.69, 9.17) is 9.39 Å². The molecule has 0 aromatic heterocycles. The van der Waals surface area contributed by atoms with E-state index < -0.39 is 10.1 Å². The molecule has 0 fully saturated rings. The number of halogens is 1. The summed E-state index contributed by atoms with van der Waals surface area (Å²) in [4.78, 5) is 0.0507. The highest BCUT2D eigenvalue weighted by molar-refractivity contribution is 9.10. The van der Waals surface area contributed by atoms with Gasteiger partial charge < -0.3 is 9.39 Å². The Morgan fingerprint density at radius 2 is 1.85 bits per heavy atom. The average Bonchev–Trinajstić information content (AvgIpc) is 2.43. The third-order valence-electron chi connectivity index (χ3n) is 2.40. The van der Waals surface area contributed by atoms with Gasteiger partial charge in [0.15, 0.2) is 5.75 Å². The molecule has 0 unspecified atom stereocenters. The second kappa shape index (κ2) is 6.06. The lowest BCUT2D eigenvalue weighted by atomic mass is 10.2. The molecule has 0 aliphatic carbocycles. The van der Waals surface area contributed by atoms with Crippen molar-refractivity contribution in [1.29, 1.82) is 0 Å². The van der Waals surface area contributed by atoms with Gasteiger partial charge in [-0.2, -0.15) is 8.42 Å². The first-order valence-electron chi connectivity index (χ1n) is 5.49. The van der Waals surface area contributed by atoms with Crippen LogP contribution < -0.4 is 4.18 Å². The first-order valence-corrected chi connectivity index (χ1v) is 7.69. The molecule has 104 valence electrons. The molecule has 0 aliphatic heterocycles. The fourth-order valence-corrected chi connectivity index (χ4v) is 2.87. The van der Waals surface area contributed by atoms with Crippen molar-refractivity contribution in [2.24, 2.45) is 5.16 Å². The number of hydrogen-bond acceptors (Lipinski definition) is 5. The van der Waals surface area contributed by atoms with E-state index in [1.165, 1.54) is 18.2 Å². The van der Waals surface area contributed by atoms with Crippen LogP contribution in [0.15, 0.2) is 63.1 Å². The second-order valence-electron chi connectivity index (χ2n) is 3.78. The average molecular weight is 356 g/mol. The lowest BCUT2D eigenvalue weighted by Crippen LogP contribution is -2.10. The molecule has 0 saturated heterocycles. The van der Waals surface area contributed by atoms with Crippen molar-refractivity contribution in [2.45, 2.75) is 4.90 Å². The molecular weight excluding hydrogens is 346 g/mol. The lowest BCUT2D eigenvalue weighted by Gasteiger charge is -2.09. The molecule has 20 heavy (non-hydrogen) atoms. The summed E-state index contributed by atoms with van der Waals surface area (Å²) in [5.74, 6) is 0.0786. The maximum absolute atomic E-state index is 12.1. The molecule has 0 spiro atoms. The lowest BCUT2D eigenvalue weighted by molar-refractivity contribution is 0.321. The van der Waals surface area contributed by atoms with Gasteiger partial charge in [-0.25, -0.2) is 0 Å². The van der Waals surface area contributed by atoms with Crippen molar-refractivity contribution in [1.82, 2.24) is 0 Å². The summed E-state index contributed by atoms with van der Waals surface area (Å²) in [7, 11) is -3.93. The fourth-order valence-electron chi connectivity index (χ4n) is 1.51. The highest BCUT2D eigenvalue weighted by atomic mass is 79.9. The number of benzene rings is 2. The van der Waals surface area contributed by atoms with Gasteiger partial charge in [0.25, 0.3) is 0 Å². The van der Waals surface area contributed by atoms with Crippen LogP contribution in [-0.4, -0.2) is 19.8 Å². The van der Waals surface area contributed by atoms with Crippen LogP contribution in [0.25, 0.3) is 0 Å². The summed E-state index contributed by atoms with van der Waals surface area (Å²) < 4.78 is 30.0. The zero-order valence-corrected chi connectivity index (χ0v) is 12.5. The Kier molecular flexibility index (Phi) is 4.41. The normalized spacial score (nSPS) is 11.7. The van der Waals surface area contributed by atoms with Gasteiger partial charge >= 0.3 is 10.1 Å². The summed E-state index contributed by atoms with van der Waals surface area (Å²) in [6, 6.07) is 12.5.